The van der Waals surface area contributed by atoms with Crippen molar-refractivity contribution in [1.82, 2.24) is 15.1 Å². The van der Waals surface area contributed by atoms with Gasteiger partial charge in [-0.05, 0) is 36.4 Å². The van der Waals surface area contributed by atoms with Gasteiger partial charge in [0.25, 0.3) is 0 Å². The largest absolute Gasteiger partial charge is 0.341 e. The fraction of sp³-hybridized carbons (Fsp3) is 0.625. The number of hydrogen-bond donors (Lipinski definition) is 1. The van der Waals surface area contributed by atoms with Crippen molar-refractivity contribution in [3.05, 3.63) is 21.9 Å². The number of fused-ring (bicyclic) bond motifs is 1. The molecule has 2 aliphatic heterocycles. The van der Waals surface area contributed by atoms with E-state index in [4.69, 9.17) is 0 Å². The number of amides is 2. The zero-order valence-corrected chi connectivity index (χ0v) is 15.0. The fourth-order valence-corrected chi connectivity index (χ4v) is 4.07. The van der Waals surface area contributed by atoms with Gasteiger partial charge in [0.15, 0.2) is 0 Å². The molecule has 0 aromatic carbocycles. The Balaban J connectivity index is 0.00000192. The molecule has 1 aromatic rings. The summed E-state index contributed by atoms with van der Waals surface area (Å²) in [7, 11) is 1.85. The summed E-state index contributed by atoms with van der Waals surface area (Å²) < 4.78 is 0. The monoisotopic (exact) mass is 357 g/mol. The molecule has 1 atom stereocenters. The number of hydrogen-bond acceptors (Lipinski definition) is 4. The number of rotatable bonds is 4. The van der Waals surface area contributed by atoms with Crippen molar-refractivity contribution in [1.29, 1.82) is 0 Å². The maximum absolute atomic E-state index is 12.3. The first-order chi connectivity index (χ1) is 10.6. The first kappa shape index (κ1) is 18.2. The maximum Gasteiger partial charge on any atom is 0.223 e. The van der Waals surface area contributed by atoms with Crippen LogP contribution in [0.5, 0.6) is 0 Å². The minimum Gasteiger partial charge on any atom is -0.341 e. The maximum atomic E-state index is 12.3. The summed E-state index contributed by atoms with van der Waals surface area (Å²) >= 11 is 1.77. The lowest BCUT2D eigenvalue weighted by Gasteiger charge is -2.28. The SMILES string of the molecule is CN(C(=O)CCC(=O)N1CCc2sccc2C1)C1CCNC1.Cl. The van der Waals surface area contributed by atoms with E-state index in [0.717, 1.165) is 32.5 Å². The Kier molecular flexibility index (Phi) is 6.44. The van der Waals surface area contributed by atoms with Crippen molar-refractivity contribution in [2.24, 2.45) is 0 Å². The highest BCUT2D eigenvalue weighted by Gasteiger charge is 2.25. The molecule has 5 nitrogen and oxygen atoms in total. The number of carbonyl (C=O) groups excluding carboxylic acids is 2. The van der Waals surface area contributed by atoms with E-state index in [1.54, 1.807) is 16.2 Å². The Morgan fingerprint density at radius 3 is 3.00 bits per heavy atom. The van der Waals surface area contributed by atoms with Gasteiger partial charge in [-0.3, -0.25) is 9.59 Å². The van der Waals surface area contributed by atoms with Crippen molar-refractivity contribution < 1.29 is 9.59 Å². The summed E-state index contributed by atoms with van der Waals surface area (Å²) in [6.07, 6.45) is 2.59. The second-order valence-corrected chi connectivity index (χ2v) is 7.09. The topological polar surface area (TPSA) is 52.7 Å². The number of nitrogens with one attached hydrogen (secondary N) is 1. The predicted octanol–water partition coefficient (Wildman–Crippen LogP) is 1.66. The molecular formula is C16H24ClN3O2S. The van der Waals surface area contributed by atoms with Crippen molar-refractivity contribution in [3.63, 3.8) is 0 Å². The zero-order valence-electron chi connectivity index (χ0n) is 13.4. The van der Waals surface area contributed by atoms with Gasteiger partial charge in [-0.15, -0.1) is 23.7 Å². The first-order valence-electron chi connectivity index (χ1n) is 7.94. The molecule has 1 N–H and O–H groups in total. The second kappa shape index (κ2) is 8.13. The van der Waals surface area contributed by atoms with Gasteiger partial charge in [-0.1, -0.05) is 0 Å². The third-order valence-corrected chi connectivity index (χ3v) is 5.71. The van der Waals surface area contributed by atoms with Crippen LogP contribution in [0.25, 0.3) is 0 Å². The third-order valence-electron chi connectivity index (χ3n) is 4.69. The molecule has 3 heterocycles. The van der Waals surface area contributed by atoms with Crippen LogP contribution in [-0.4, -0.2) is 54.3 Å². The van der Waals surface area contributed by atoms with E-state index < -0.39 is 0 Å². The Morgan fingerprint density at radius 2 is 2.26 bits per heavy atom. The van der Waals surface area contributed by atoms with Crippen LogP contribution >= 0.6 is 23.7 Å². The lowest BCUT2D eigenvalue weighted by atomic mass is 10.1. The number of halogens is 1. The number of carbonyl (C=O) groups is 2. The van der Waals surface area contributed by atoms with Crippen LogP contribution in [0, 0.1) is 0 Å². The molecule has 0 aliphatic carbocycles. The van der Waals surface area contributed by atoms with Crippen LogP contribution in [-0.2, 0) is 22.6 Å². The fourth-order valence-electron chi connectivity index (χ4n) is 3.18. The number of likely N-dealkylation sites (N-methyl/N-ethyl adjacent to an activating group) is 1. The van der Waals surface area contributed by atoms with E-state index in [1.807, 2.05) is 11.9 Å². The molecule has 2 amide bonds. The highest BCUT2D eigenvalue weighted by Crippen LogP contribution is 2.24. The van der Waals surface area contributed by atoms with Gasteiger partial charge >= 0.3 is 0 Å². The van der Waals surface area contributed by atoms with Gasteiger partial charge in [0.05, 0.1) is 0 Å². The van der Waals surface area contributed by atoms with E-state index in [0.29, 0.717) is 19.4 Å². The number of nitrogens with zero attached hydrogens (tertiary/aromatic N) is 2. The van der Waals surface area contributed by atoms with E-state index in [1.165, 1.54) is 10.4 Å². The average Bonchev–Trinajstić information content (AvgIpc) is 3.21. The van der Waals surface area contributed by atoms with Gasteiger partial charge in [-0.25, -0.2) is 0 Å². The Morgan fingerprint density at radius 1 is 1.43 bits per heavy atom. The molecule has 7 heteroatoms. The molecule has 0 saturated carbocycles. The molecule has 0 spiro atoms. The standard InChI is InChI=1S/C16H23N3O2S.ClH/c1-18(13-4-7-17-10-13)15(20)2-3-16(21)19-8-5-14-12(11-19)6-9-22-14;/h6,9,13,17H,2-5,7-8,10-11H2,1H3;1H. The summed E-state index contributed by atoms with van der Waals surface area (Å²) in [6.45, 7) is 3.32. The van der Waals surface area contributed by atoms with Crippen LogP contribution in [0.3, 0.4) is 0 Å². The van der Waals surface area contributed by atoms with Crippen molar-refractivity contribution in [3.8, 4) is 0 Å². The predicted molar refractivity (Wildman–Crippen MR) is 94.0 cm³/mol. The molecule has 1 aromatic heterocycles. The Labute approximate surface area is 147 Å². The van der Waals surface area contributed by atoms with E-state index in [2.05, 4.69) is 16.8 Å². The highest BCUT2D eigenvalue weighted by atomic mass is 35.5. The van der Waals surface area contributed by atoms with E-state index in [9.17, 15) is 9.59 Å². The molecule has 1 saturated heterocycles. The zero-order chi connectivity index (χ0) is 15.5. The van der Waals surface area contributed by atoms with E-state index in [-0.39, 0.29) is 30.3 Å². The number of thiophene rings is 1. The quantitative estimate of drug-likeness (QED) is 0.891. The van der Waals surface area contributed by atoms with Gasteiger partial charge in [-0.2, -0.15) is 0 Å². The van der Waals surface area contributed by atoms with E-state index >= 15 is 0 Å². The molecular weight excluding hydrogens is 334 g/mol. The van der Waals surface area contributed by atoms with Crippen molar-refractivity contribution >= 4 is 35.6 Å². The summed E-state index contributed by atoms with van der Waals surface area (Å²) in [4.78, 5) is 29.6. The highest BCUT2D eigenvalue weighted by molar-refractivity contribution is 7.10. The molecule has 0 radical (unpaired) electrons. The van der Waals surface area contributed by atoms with Crippen LogP contribution in [0.1, 0.15) is 29.7 Å². The molecule has 3 rings (SSSR count). The average molecular weight is 358 g/mol. The Bertz CT molecular complexity index is 557. The molecule has 128 valence electrons. The van der Waals surface area contributed by atoms with Crippen LogP contribution in [0.2, 0.25) is 0 Å². The normalized spacial score (nSPS) is 19.9. The summed E-state index contributed by atoms with van der Waals surface area (Å²) in [5.74, 6) is 0.179. The molecule has 0 bridgehead atoms. The summed E-state index contributed by atoms with van der Waals surface area (Å²) in [5, 5.41) is 5.35. The van der Waals surface area contributed by atoms with Crippen LogP contribution in [0.4, 0.5) is 0 Å². The summed E-state index contributed by atoms with van der Waals surface area (Å²) in [5.41, 5.74) is 1.27. The van der Waals surface area contributed by atoms with Gasteiger partial charge in [0.2, 0.25) is 11.8 Å². The molecule has 2 aliphatic rings. The third kappa shape index (κ3) is 4.25. The van der Waals surface area contributed by atoms with Crippen LogP contribution < -0.4 is 5.32 Å². The first-order valence-corrected chi connectivity index (χ1v) is 8.82. The second-order valence-electron chi connectivity index (χ2n) is 6.09. The summed E-state index contributed by atoms with van der Waals surface area (Å²) in [6, 6.07) is 2.39. The van der Waals surface area contributed by atoms with Gasteiger partial charge in [0, 0.05) is 50.4 Å². The van der Waals surface area contributed by atoms with Crippen molar-refractivity contribution in [2.45, 2.75) is 38.3 Å². The smallest absolute Gasteiger partial charge is 0.223 e. The van der Waals surface area contributed by atoms with Crippen LogP contribution in [0.15, 0.2) is 11.4 Å². The lowest BCUT2D eigenvalue weighted by molar-refractivity contribution is -0.137. The molecule has 1 unspecified atom stereocenters. The minimum absolute atomic E-state index is 0. The molecule has 1 fully saturated rings. The Hall–Kier alpha value is -1.11. The minimum atomic E-state index is 0. The molecule has 23 heavy (non-hydrogen) atoms. The van der Waals surface area contributed by atoms with Gasteiger partial charge < -0.3 is 15.1 Å². The lowest BCUT2D eigenvalue weighted by Crippen LogP contribution is -2.40. The van der Waals surface area contributed by atoms with Crippen molar-refractivity contribution in [2.75, 3.05) is 26.7 Å². The van der Waals surface area contributed by atoms with Gasteiger partial charge in [0.1, 0.15) is 0 Å².